The number of likely N-dealkylation sites (N-methyl/N-ethyl adjacent to an activating group) is 1. The monoisotopic (exact) mass is 377 g/mol. The minimum absolute atomic E-state index is 0.0783. The lowest BCUT2D eigenvalue weighted by atomic mass is 9.92. The summed E-state index contributed by atoms with van der Waals surface area (Å²) in [5, 5.41) is 2.89. The molecule has 0 aromatic heterocycles. The number of likely N-dealkylation sites (tertiary alicyclic amines) is 1. The van der Waals surface area contributed by atoms with Gasteiger partial charge in [0.2, 0.25) is 5.91 Å². The van der Waals surface area contributed by atoms with E-state index < -0.39 is 5.60 Å². The number of carbonyl (C=O) groups is 2. The highest BCUT2D eigenvalue weighted by molar-refractivity contribution is 5.91. The predicted molar refractivity (Wildman–Crippen MR) is 100 cm³/mol. The van der Waals surface area contributed by atoms with Gasteiger partial charge in [-0.15, -0.1) is 0 Å². The maximum atomic E-state index is 12.4. The molecule has 2 amide bonds. The third-order valence-corrected chi connectivity index (χ3v) is 5.05. The molecule has 0 aliphatic carbocycles. The van der Waals surface area contributed by atoms with Crippen LogP contribution in [-0.4, -0.2) is 74.8 Å². The molecule has 1 atom stereocenters. The van der Waals surface area contributed by atoms with E-state index in [0.717, 1.165) is 19.4 Å². The fraction of sp³-hybridized carbons (Fsp3) is 0.579. The van der Waals surface area contributed by atoms with E-state index in [-0.39, 0.29) is 12.0 Å². The van der Waals surface area contributed by atoms with E-state index in [0.29, 0.717) is 43.2 Å². The van der Waals surface area contributed by atoms with Crippen LogP contribution in [-0.2, 0) is 9.53 Å². The number of ether oxygens (including phenoxy) is 3. The first kappa shape index (κ1) is 19.3. The van der Waals surface area contributed by atoms with E-state index in [1.165, 1.54) is 0 Å². The number of methoxy groups -OCH3 is 2. The van der Waals surface area contributed by atoms with Crippen molar-refractivity contribution in [3.63, 3.8) is 0 Å². The highest BCUT2D eigenvalue weighted by Gasteiger charge is 2.46. The van der Waals surface area contributed by atoms with Gasteiger partial charge < -0.3 is 24.4 Å². The summed E-state index contributed by atoms with van der Waals surface area (Å²) in [5.74, 6) is 1.16. The van der Waals surface area contributed by atoms with Crippen LogP contribution in [0.4, 0.5) is 10.5 Å². The Morgan fingerprint density at radius 1 is 1.22 bits per heavy atom. The Labute approximate surface area is 159 Å². The largest absolute Gasteiger partial charge is 0.497 e. The van der Waals surface area contributed by atoms with Crippen molar-refractivity contribution >= 4 is 17.7 Å². The molecule has 0 bridgehead atoms. The first-order chi connectivity index (χ1) is 12.9. The van der Waals surface area contributed by atoms with Gasteiger partial charge >= 0.3 is 6.09 Å². The van der Waals surface area contributed by atoms with Crippen LogP contribution in [0.2, 0.25) is 0 Å². The van der Waals surface area contributed by atoms with Crippen LogP contribution in [0.15, 0.2) is 18.2 Å². The summed E-state index contributed by atoms with van der Waals surface area (Å²) in [6.45, 7) is 2.81. The molecule has 8 nitrogen and oxygen atoms in total. The van der Waals surface area contributed by atoms with E-state index >= 15 is 0 Å². The fourth-order valence-electron chi connectivity index (χ4n) is 3.75. The van der Waals surface area contributed by atoms with Gasteiger partial charge in [-0.25, -0.2) is 4.79 Å². The second kappa shape index (κ2) is 8.04. The molecule has 2 aliphatic heterocycles. The lowest BCUT2D eigenvalue weighted by Crippen LogP contribution is -2.50. The van der Waals surface area contributed by atoms with Gasteiger partial charge in [-0.2, -0.15) is 0 Å². The van der Waals surface area contributed by atoms with Crippen LogP contribution in [0.25, 0.3) is 0 Å². The van der Waals surface area contributed by atoms with Crippen LogP contribution < -0.4 is 14.8 Å². The summed E-state index contributed by atoms with van der Waals surface area (Å²) in [5.41, 5.74) is 0.207. The minimum Gasteiger partial charge on any atom is -0.497 e. The number of nitrogens with one attached hydrogen (secondary N) is 1. The van der Waals surface area contributed by atoms with Crippen molar-refractivity contribution in [2.75, 3.05) is 52.8 Å². The van der Waals surface area contributed by atoms with Crippen molar-refractivity contribution in [3.8, 4) is 11.5 Å². The Bertz CT molecular complexity index is 688. The van der Waals surface area contributed by atoms with Crippen LogP contribution in [0.1, 0.15) is 19.3 Å². The van der Waals surface area contributed by atoms with Crippen LogP contribution in [0.3, 0.4) is 0 Å². The predicted octanol–water partition coefficient (Wildman–Crippen LogP) is 1.95. The molecule has 1 unspecified atom stereocenters. The second-order valence-corrected chi connectivity index (χ2v) is 7.19. The third-order valence-electron chi connectivity index (χ3n) is 5.05. The van der Waals surface area contributed by atoms with Gasteiger partial charge in [0.15, 0.2) is 0 Å². The fourth-order valence-corrected chi connectivity index (χ4v) is 3.75. The Hall–Kier alpha value is -2.48. The quantitative estimate of drug-likeness (QED) is 0.816. The lowest BCUT2D eigenvalue weighted by molar-refractivity contribution is -0.116. The normalized spacial score (nSPS) is 22.6. The maximum absolute atomic E-state index is 12.4. The molecule has 8 heteroatoms. The van der Waals surface area contributed by atoms with Gasteiger partial charge in [0, 0.05) is 50.4 Å². The van der Waals surface area contributed by atoms with Crippen molar-refractivity contribution in [1.82, 2.24) is 9.80 Å². The van der Waals surface area contributed by atoms with Crippen molar-refractivity contribution in [3.05, 3.63) is 18.2 Å². The van der Waals surface area contributed by atoms with Gasteiger partial charge in [-0.1, -0.05) is 0 Å². The molecule has 148 valence electrons. The zero-order chi connectivity index (χ0) is 19.4. The smallest absolute Gasteiger partial charge is 0.410 e. The van der Waals surface area contributed by atoms with Crippen LogP contribution in [0, 0.1) is 0 Å². The summed E-state index contributed by atoms with van der Waals surface area (Å²) < 4.78 is 16.0. The van der Waals surface area contributed by atoms with E-state index in [1.807, 2.05) is 0 Å². The van der Waals surface area contributed by atoms with Gasteiger partial charge in [0.25, 0.3) is 0 Å². The highest BCUT2D eigenvalue weighted by Crippen LogP contribution is 2.31. The molecule has 2 fully saturated rings. The average molecular weight is 377 g/mol. The summed E-state index contributed by atoms with van der Waals surface area (Å²) in [4.78, 5) is 27.9. The summed E-state index contributed by atoms with van der Waals surface area (Å²) >= 11 is 0. The summed E-state index contributed by atoms with van der Waals surface area (Å²) in [7, 11) is 4.89. The molecular formula is C19H27N3O5. The molecule has 1 aromatic carbocycles. The molecular weight excluding hydrogens is 350 g/mol. The van der Waals surface area contributed by atoms with Crippen molar-refractivity contribution < 1.29 is 23.8 Å². The van der Waals surface area contributed by atoms with Crippen molar-refractivity contribution in [2.45, 2.75) is 24.9 Å². The number of carbonyl (C=O) groups excluding carboxylic acids is 2. The number of hydrogen-bond donors (Lipinski definition) is 1. The number of anilines is 1. The molecule has 2 aliphatic rings. The number of piperidine rings is 1. The number of benzene rings is 1. The molecule has 2 heterocycles. The van der Waals surface area contributed by atoms with Crippen LogP contribution in [0.5, 0.6) is 11.5 Å². The number of amides is 2. The topological polar surface area (TPSA) is 80.3 Å². The molecule has 3 rings (SSSR count). The Balaban J connectivity index is 1.53. The molecule has 27 heavy (non-hydrogen) atoms. The van der Waals surface area contributed by atoms with Gasteiger partial charge in [0.05, 0.1) is 20.8 Å². The second-order valence-electron chi connectivity index (χ2n) is 7.19. The van der Waals surface area contributed by atoms with E-state index in [4.69, 9.17) is 14.2 Å². The molecule has 0 saturated carbocycles. The molecule has 2 saturated heterocycles. The first-order valence-electron chi connectivity index (χ1n) is 9.12. The molecule has 1 aromatic rings. The molecule has 0 radical (unpaired) electrons. The number of nitrogens with zero attached hydrogens (tertiary/aromatic N) is 2. The maximum Gasteiger partial charge on any atom is 0.410 e. The zero-order valence-electron chi connectivity index (χ0n) is 16.1. The summed E-state index contributed by atoms with van der Waals surface area (Å²) in [6, 6.07) is 5.26. The number of rotatable bonds is 6. The molecule has 1 N–H and O–H groups in total. The third kappa shape index (κ3) is 4.63. The lowest BCUT2D eigenvalue weighted by Gasteiger charge is -2.38. The Kier molecular flexibility index (Phi) is 5.74. The average Bonchev–Trinajstić information content (AvgIpc) is 2.92. The van der Waals surface area contributed by atoms with Crippen molar-refractivity contribution in [2.24, 2.45) is 0 Å². The first-order valence-corrected chi connectivity index (χ1v) is 9.12. The zero-order valence-corrected chi connectivity index (χ0v) is 16.1. The Morgan fingerprint density at radius 3 is 2.52 bits per heavy atom. The van der Waals surface area contributed by atoms with E-state index in [1.54, 1.807) is 44.4 Å². The van der Waals surface area contributed by atoms with Gasteiger partial charge in [0.1, 0.15) is 17.1 Å². The SMILES string of the molecule is COc1cc(NC(=O)CCN2CCCC3(C2)CN(C)C(=O)O3)cc(OC)c1. The molecule has 1 spiro atoms. The highest BCUT2D eigenvalue weighted by atomic mass is 16.6. The van der Waals surface area contributed by atoms with E-state index in [2.05, 4.69) is 10.2 Å². The number of hydrogen-bond acceptors (Lipinski definition) is 6. The standard InChI is InChI=1S/C19H27N3O5/c1-21-12-19(27-18(21)24)6-4-7-22(13-19)8-5-17(23)20-14-9-15(25-2)11-16(10-14)26-3/h9-11H,4-8,12-13H2,1-3H3,(H,20,23). The van der Waals surface area contributed by atoms with Crippen LogP contribution >= 0.6 is 0 Å². The van der Waals surface area contributed by atoms with E-state index in [9.17, 15) is 9.59 Å². The van der Waals surface area contributed by atoms with Gasteiger partial charge in [-0.05, 0) is 19.4 Å². The Morgan fingerprint density at radius 2 is 1.93 bits per heavy atom. The summed E-state index contributed by atoms with van der Waals surface area (Å²) in [6.07, 6.45) is 1.92. The van der Waals surface area contributed by atoms with Gasteiger partial charge in [-0.3, -0.25) is 9.69 Å². The van der Waals surface area contributed by atoms with Crippen molar-refractivity contribution in [1.29, 1.82) is 0 Å². The minimum atomic E-state index is -0.430.